The van der Waals surface area contributed by atoms with E-state index in [-0.39, 0.29) is 23.3 Å². The Morgan fingerprint density at radius 3 is 2.64 bits per heavy atom. The van der Waals surface area contributed by atoms with E-state index in [4.69, 9.17) is 9.72 Å². The molecule has 1 aliphatic carbocycles. The monoisotopic (exact) mass is 614 g/mol. The lowest BCUT2D eigenvalue weighted by Gasteiger charge is -2.32. The molecule has 6 rings (SSSR count). The molecule has 0 aliphatic heterocycles. The summed E-state index contributed by atoms with van der Waals surface area (Å²) < 4.78 is 36.7. The maximum atomic E-state index is 15.1. The van der Waals surface area contributed by atoms with Gasteiger partial charge in [-0.05, 0) is 82.9 Å². The average Bonchev–Trinajstić information content (AvgIpc) is 3.66. The molecule has 2 amide bonds. The first-order valence-electron chi connectivity index (χ1n) is 14.6. The first-order chi connectivity index (χ1) is 21.6. The largest absolute Gasteiger partial charge is 0.444 e. The maximum absolute atomic E-state index is 15.1. The number of hydrogen-bond acceptors (Lipinski definition) is 7. The van der Waals surface area contributed by atoms with Gasteiger partial charge in [-0.15, -0.1) is 0 Å². The van der Waals surface area contributed by atoms with Crippen molar-refractivity contribution in [2.45, 2.75) is 64.1 Å². The minimum Gasteiger partial charge on any atom is -0.444 e. The highest BCUT2D eigenvalue weighted by atomic mass is 19.1. The Morgan fingerprint density at radius 2 is 1.89 bits per heavy atom. The van der Waals surface area contributed by atoms with E-state index in [1.54, 1.807) is 45.2 Å². The number of carbonyl (C=O) groups is 2. The van der Waals surface area contributed by atoms with Crippen LogP contribution in [0, 0.1) is 11.6 Å². The minimum absolute atomic E-state index is 0.0228. The van der Waals surface area contributed by atoms with Gasteiger partial charge in [0.15, 0.2) is 5.82 Å². The van der Waals surface area contributed by atoms with Gasteiger partial charge in [-0.2, -0.15) is 5.10 Å². The number of amides is 2. The Labute approximate surface area is 257 Å². The van der Waals surface area contributed by atoms with E-state index in [9.17, 15) is 14.0 Å². The lowest BCUT2D eigenvalue weighted by molar-refractivity contribution is 0.0636. The number of rotatable bonds is 6. The molecule has 5 aromatic rings. The van der Waals surface area contributed by atoms with Crippen LogP contribution in [-0.2, 0) is 4.74 Å². The molecule has 0 saturated heterocycles. The number of aromatic amines is 1. The standard InChI is InChI=1S/C32H32F2N8O3/c1-32(2,3)45-31(44)40-24-12-11-18(33)13-22(24)30(43)38-19-7-6-8-20(14-19)42-27-15-25(28-36-17-37-41-28)35-16-26(27)39-29(42)21-9-4-5-10-23(21)34/h4-5,9-13,15-17,19-20H,6-8,14H2,1-3H3,(H,38,43)(H,40,44)(H,36,37,41)/t19-,20+/m0/s1. The number of nitrogens with one attached hydrogen (secondary N) is 3. The number of aromatic nitrogens is 6. The fourth-order valence-electron chi connectivity index (χ4n) is 5.68. The van der Waals surface area contributed by atoms with Crippen LogP contribution in [-0.4, -0.2) is 53.4 Å². The van der Waals surface area contributed by atoms with E-state index in [0.29, 0.717) is 41.3 Å². The van der Waals surface area contributed by atoms with E-state index in [2.05, 4.69) is 30.8 Å². The molecule has 0 radical (unpaired) electrons. The second-order valence-electron chi connectivity index (χ2n) is 12.0. The summed E-state index contributed by atoms with van der Waals surface area (Å²) in [4.78, 5) is 39.4. The van der Waals surface area contributed by atoms with E-state index >= 15 is 4.39 Å². The zero-order chi connectivity index (χ0) is 31.7. The van der Waals surface area contributed by atoms with Crippen LogP contribution >= 0.6 is 0 Å². The van der Waals surface area contributed by atoms with Crippen LogP contribution in [0.4, 0.5) is 19.3 Å². The molecule has 0 bridgehead atoms. The number of imidazole rings is 1. The average molecular weight is 615 g/mol. The molecule has 13 heteroatoms. The van der Waals surface area contributed by atoms with Gasteiger partial charge in [0.1, 0.15) is 40.6 Å². The summed E-state index contributed by atoms with van der Waals surface area (Å²) in [6.07, 6.45) is 5.02. The van der Waals surface area contributed by atoms with Crippen molar-refractivity contribution in [3.8, 4) is 22.9 Å². The molecule has 0 spiro atoms. The summed E-state index contributed by atoms with van der Waals surface area (Å²) in [5.41, 5.74) is 1.54. The van der Waals surface area contributed by atoms with E-state index in [1.807, 2.05) is 10.6 Å². The summed E-state index contributed by atoms with van der Waals surface area (Å²) >= 11 is 0. The van der Waals surface area contributed by atoms with Crippen LogP contribution in [0.15, 0.2) is 61.1 Å². The first kappa shape index (κ1) is 29.9. The van der Waals surface area contributed by atoms with Crippen molar-refractivity contribution in [3.63, 3.8) is 0 Å². The zero-order valence-corrected chi connectivity index (χ0v) is 25.0. The first-order valence-corrected chi connectivity index (χ1v) is 14.6. The maximum Gasteiger partial charge on any atom is 0.412 e. The fraction of sp³-hybridized carbons (Fsp3) is 0.312. The molecular weight excluding hydrogens is 582 g/mol. The number of ether oxygens (including phenoxy) is 1. The summed E-state index contributed by atoms with van der Waals surface area (Å²) in [5.74, 6) is -0.702. The Morgan fingerprint density at radius 1 is 1.07 bits per heavy atom. The molecule has 2 atom stereocenters. The number of halogens is 2. The predicted molar refractivity (Wildman–Crippen MR) is 163 cm³/mol. The summed E-state index contributed by atoms with van der Waals surface area (Å²) in [6.45, 7) is 5.16. The predicted octanol–water partition coefficient (Wildman–Crippen LogP) is 6.42. The van der Waals surface area contributed by atoms with E-state index < -0.39 is 29.2 Å². The van der Waals surface area contributed by atoms with Gasteiger partial charge < -0.3 is 14.6 Å². The SMILES string of the molecule is CC(C)(C)OC(=O)Nc1ccc(F)cc1C(=O)N[C@H]1CCC[C@@H](n2c(-c3ccccc3F)nc3cnc(-c4nc[nH]n4)cc32)C1. The zero-order valence-electron chi connectivity index (χ0n) is 25.0. The van der Waals surface area contributed by atoms with Gasteiger partial charge in [-0.1, -0.05) is 12.1 Å². The van der Waals surface area contributed by atoms with Crippen LogP contribution in [0.3, 0.4) is 0 Å². The van der Waals surface area contributed by atoms with Crippen molar-refractivity contribution < 1.29 is 23.1 Å². The van der Waals surface area contributed by atoms with Crippen molar-refractivity contribution >= 4 is 28.7 Å². The number of pyridine rings is 1. The molecule has 1 saturated carbocycles. The third-order valence-electron chi connectivity index (χ3n) is 7.54. The molecule has 1 aliphatic rings. The van der Waals surface area contributed by atoms with Crippen LogP contribution in [0.1, 0.15) is 62.9 Å². The van der Waals surface area contributed by atoms with Crippen LogP contribution in [0.2, 0.25) is 0 Å². The third kappa shape index (κ3) is 6.52. The summed E-state index contributed by atoms with van der Waals surface area (Å²) in [6, 6.07) is 11.4. The van der Waals surface area contributed by atoms with Gasteiger partial charge >= 0.3 is 6.09 Å². The Hall–Kier alpha value is -5.20. The number of H-pyrrole nitrogens is 1. The lowest BCUT2D eigenvalue weighted by Crippen LogP contribution is -2.39. The number of fused-ring (bicyclic) bond motifs is 1. The van der Waals surface area contributed by atoms with Crippen LogP contribution in [0.25, 0.3) is 33.9 Å². The summed E-state index contributed by atoms with van der Waals surface area (Å²) in [7, 11) is 0. The second kappa shape index (κ2) is 12.1. The van der Waals surface area contributed by atoms with Gasteiger partial charge in [-0.3, -0.25) is 20.2 Å². The van der Waals surface area contributed by atoms with Gasteiger partial charge in [0, 0.05) is 12.1 Å². The number of benzene rings is 2. The van der Waals surface area contributed by atoms with Crippen molar-refractivity contribution in [2.75, 3.05) is 5.32 Å². The molecule has 45 heavy (non-hydrogen) atoms. The number of carbonyl (C=O) groups excluding carboxylic acids is 2. The highest BCUT2D eigenvalue weighted by Gasteiger charge is 2.30. The third-order valence-corrected chi connectivity index (χ3v) is 7.54. The fourth-order valence-corrected chi connectivity index (χ4v) is 5.68. The molecule has 3 heterocycles. The van der Waals surface area contributed by atoms with Crippen molar-refractivity contribution in [3.05, 3.63) is 78.3 Å². The van der Waals surface area contributed by atoms with Gasteiger partial charge in [0.05, 0.1) is 28.5 Å². The highest BCUT2D eigenvalue weighted by Crippen LogP contribution is 2.37. The van der Waals surface area contributed by atoms with Crippen molar-refractivity contribution in [2.24, 2.45) is 0 Å². The Balaban J connectivity index is 1.31. The van der Waals surface area contributed by atoms with Gasteiger partial charge in [-0.25, -0.2) is 23.5 Å². The molecule has 3 N–H and O–H groups in total. The smallest absolute Gasteiger partial charge is 0.412 e. The van der Waals surface area contributed by atoms with E-state index in [1.165, 1.54) is 18.5 Å². The highest BCUT2D eigenvalue weighted by molar-refractivity contribution is 6.02. The molecule has 3 aromatic heterocycles. The topological polar surface area (TPSA) is 140 Å². The number of anilines is 1. The molecule has 0 unspecified atom stereocenters. The van der Waals surface area contributed by atoms with Crippen LogP contribution in [0.5, 0.6) is 0 Å². The van der Waals surface area contributed by atoms with E-state index in [0.717, 1.165) is 30.5 Å². The number of nitrogens with zero attached hydrogens (tertiary/aromatic N) is 5. The molecule has 1 fully saturated rings. The van der Waals surface area contributed by atoms with Crippen molar-refractivity contribution in [1.29, 1.82) is 0 Å². The number of hydrogen-bond donors (Lipinski definition) is 3. The molecule has 232 valence electrons. The quantitative estimate of drug-likeness (QED) is 0.200. The van der Waals surface area contributed by atoms with Crippen LogP contribution < -0.4 is 10.6 Å². The Kier molecular flexibility index (Phi) is 8.00. The molecule has 11 nitrogen and oxygen atoms in total. The molecule has 2 aromatic carbocycles. The normalized spacial score (nSPS) is 16.8. The van der Waals surface area contributed by atoms with Gasteiger partial charge in [0.2, 0.25) is 0 Å². The summed E-state index contributed by atoms with van der Waals surface area (Å²) in [5, 5.41) is 12.4. The van der Waals surface area contributed by atoms with Crippen molar-refractivity contribution in [1.82, 2.24) is 35.0 Å². The lowest BCUT2D eigenvalue weighted by atomic mass is 9.90. The van der Waals surface area contributed by atoms with Gasteiger partial charge in [0.25, 0.3) is 5.91 Å². The minimum atomic E-state index is -0.757. The Bertz CT molecular complexity index is 1870. The second-order valence-corrected chi connectivity index (χ2v) is 12.0. The molecular formula is C32H32F2N8O3.